The summed E-state index contributed by atoms with van der Waals surface area (Å²) in [7, 11) is 0. The van der Waals surface area contributed by atoms with Crippen molar-refractivity contribution in [3.8, 4) is 33.4 Å². The molecule has 2 aliphatic rings. The summed E-state index contributed by atoms with van der Waals surface area (Å²) in [6.07, 6.45) is 0. The molecule has 8 aromatic carbocycles. The van der Waals surface area contributed by atoms with Gasteiger partial charge >= 0.3 is 0 Å². The summed E-state index contributed by atoms with van der Waals surface area (Å²) in [5, 5.41) is 0. The monoisotopic (exact) mass is 900 g/mol. The average Bonchev–Trinajstić information content (AvgIpc) is 3.70. The molecule has 0 spiro atoms. The fourth-order valence-corrected chi connectivity index (χ4v) is 9.66. The zero-order valence-corrected chi connectivity index (χ0v) is 35.4. The Hall–Kier alpha value is -7.34. The Morgan fingerprint density at radius 1 is 0.288 bits per heavy atom. The molecule has 0 atom stereocenters. The van der Waals surface area contributed by atoms with Crippen LogP contribution in [-0.4, -0.2) is 0 Å². The molecule has 0 aromatic heterocycles. The van der Waals surface area contributed by atoms with Gasteiger partial charge in [-0.25, -0.2) is 43.9 Å². The lowest BCUT2D eigenvalue weighted by atomic mass is 9.82. The van der Waals surface area contributed by atoms with Gasteiger partial charge in [-0.05, 0) is 104 Å². The maximum absolute atomic E-state index is 15.8. The van der Waals surface area contributed by atoms with Gasteiger partial charge in [0.1, 0.15) is 11.4 Å². The Morgan fingerprint density at radius 3 is 0.894 bits per heavy atom. The minimum absolute atomic E-state index is 0.0334. The molecule has 0 bridgehead atoms. The molecule has 10 rings (SSSR count). The number of hydrogen-bond acceptors (Lipinski definition) is 2. The van der Waals surface area contributed by atoms with Crippen LogP contribution < -0.4 is 9.80 Å². The zero-order valence-electron chi connectivity index (χ0n) is 35.4. The summed E-state index contributed by atoms with van der Waals surface area (Å²) in [6, 6.07) is 37.1. The maximum atomic E-state index is 15.8. The summed E-state index contributed by atoms with van der Waals surface area (Å²) < 4.78 is 151. The van der Waals surface area contributed by atoms with Crippen molar-refractivity contribution in [1.29, 1.82) is 0 Å². The third-order valence-corrected chi connectivity index (χ3v) is 13.1. The molecule has 12 heteroatoms. The molecular formula is C54H34F10N2. The lowest BCUT2D eigenvalue weighted by molar-refractivity contribution is 0.380. The van der Waals surface area contributed by atoms with E-state index in [1.165, 1.54) is 24.3 Å². The lowest BCUT2D eigenvalue weighted by Gasteiger charge is -2.29. The van der Waals surface area contributed by atoms with Gasteiger partial charge in [0.25, 0.3) is 0 Å². The van der Waals surface area contributed by atoms with Crippen LogP contribution in [0.1, 0.15) is 49.9 Å². The number of rotatable bonds is 7. The predicted octanol–water partition coefficient (Wildman–Crippen LogP) is 16.3. The van der Waals surface area contributed by atoms with Crippen molar-refractivity contribution in [2.24, 2.45) is 0 Å². The summed E-state index contributed by atoms with van der Waals surface area (Å²) in [6.45, 7) is 7.88. The molecule has 0 saturated heterocycles. The van der Waals surface area contributed by atoms with Crippen molar-refractivity contribution in [3.63, 3.8) is 0 Å². The average molecular weight is 901 g/mol. The lowest BCUT2D eigenvalue weighted by Crippen LogP contribution is -2.19. The predicted molar refractivity (Wildman–Crippen MR) is 236 cm³/mol. The molecule has 66 heavy (non-hydrogen) atoms. The van der Waals surface area contributed by atoms with Crippen LogP contribution in [0.2, 0.25) is 0 Å². The molecule has 0 saturated carbocycles. The number of anilines is 6. The molecule has 0 unspecified atom stereocenters. The first-order valence-electron chi connectivity index (χ1n) is 20.8. The van der Waals surface area contributed by atoms with E-state index in [0.717, 1.165) is 54.3 Å². The van der Waals surface area contributed by atoms with Crippen molar-refractivity contribution in [3.05, 3.63) is 214 Å². The van der Waals surface area contributed by atoms with Gasteiger partial charge in [0, 0.05) is 33.6 Å². The minimum Gasteiger partial charge on any atom is -0.305 e. The van der Waals surface area contributed by atoms with E-state index >= 15 is 17.6 Å². The van der Waals surface area contributed by atoms with Crippen molar-refractivity contribution in [2.75, 3.05) is 9.80 Å². The summed E-state index contributed by atoms with van der Waals surface area (Å²) in [4.78, 5) is 1.92. The van der Waals surface area contributed by atoms with Crippen LogP contribution in [0.15, 0.2) is 133 Å². The van der Waals surface area contributed by atoms with Gasteiger partial charge in [-0.2, -0.15) is 0 Å². The molecule has 0 aliphatic heterocycles. The first-order valence-corrected chi connectivity index (χ1v) is 20.8. The van der Waals surface area contributed by atoms with Crippen LogP contribution in [0, 0.1) is 58.2 Å². The van der Waals surface area contributed by atoms with Crippen molar-refractivity contribution >= 4 is 34.1 Å². The van der Waals surface area contributed by atoms with Crippen molar-refractivity contribution in [2.45, 2.75) is 38.5 Å². The van der Waals surface area contributed by atoms with E-state index in [9.17, 15) is 26.3 Å². The number of nitrogens with zero attached hydrogens (tertiary/aromatic N) is 2. The molecule has 2 nitrogen and oxygen atoms in total. The van der Waals surface area contributed by atoms with Crippen LogP contribution in [0.5, 0.6) is 0 Å². The molecule has 0 fully saturated rings. The largest absolute Gasteiger partial charge is 0.305 e. The Kier molecular flexibility index (Phi) is 9.76. The van der Waals surface area contributed by atoms with Crippen LogP contribution >= 0.6 is 0 Å². The Labute approximate surface area is 372 Å². The molecule has 2 aliphatic carbocycles. The molecule has 0 N–H and O–H groups in total. The van der Waals surface area contributed by atoms with Crippen LogP contribution in [0.3, 0.4) is 0 Å². The van der Waals surface area contributed by atoms with E-state index in [0.29, 0.717) is 11.1 Å². The SMILES string of the molecule is CC1(C)c2ccccc2-c2ccc(N(c3ccc(-c4ccc(N(c5ccc6c(c5)C(C)(C)c5ccccc5-6)c5c(F)c(F)c(F)c(F)c5F)cc4)cc3)c3c(F)c(F)c(F)c(F)c3F)cc21. The molecular weight excluding hydrogens is 867 g/mol. The first-order chi connectivity index (χ1) is 31.4. The summed E-state index contributed by atoms with van der Waals surface area (Å²) >= 11 is 0. The van der Waals surface area contributed by atoms with E-state index in [4.69, 9.17) is 0 Å². The van der Waals surface area contributed by atoms with Gasteiger partial charge in [0.05, 0.1) is 0 Å². The topological polar surface area (TPSA) is 6.48 Å². The fraction of sp³-hybridized carbons (Fsp3) is 0.111. The standard InChI is InChI=1S/C54H34F10N2/c1-53(2)37-11-7-5-9-33(37)35-23-21-31(25-39(35)53)65(51-47(61)43(57)41(55)44(58)48(51)62)29-17-13-27(14-18-29)28-15-19-30(20-16-28)66(52-49(63)45(59)42(56)46(60)50(52)64)32-22-24-36-34-10-6-8-12-38(34)54(3,4)40(36)26-32/h5-26H,1-4H3. The van der Waals surface area contributed by atoms with Crippen molar-refractivity contribution in [1.82, 2.24) is 0 Å². The number of fused-ring (bicyclic) bond motifs is 6. The van der Waals surface area contributed by atoms with Crippen LogP contribution in [0.4, 0.5) is 78.0 Å². The molecule has 0 heterocycles. The number of halogens is 10. The number of hydrogen-bond donors (Lipinski definition) is 0. The highest BCUT2D eigenvalue weighted by molar-refractivity contribution is 5.88. The van der Waals surface area contributed by atoms with Gasteiger partial charge in [0.15, 0.2) is 46.5 Å². The quantitative estimate of drug-likeness (QED) is 0.0893. The Balaban J connectivity index is 1.06. The highest BCUT2D eigenvalue weighted by Crippen LogP contribution is 2.53. The Morgan fingerprint density at radius 2 is 0.561 bits per heavy atom. The van der Waals surface area contributed by atoms with Gasteiger partial charge in [-0.3, -0.25) is 0 Å². The minimum atomic E-state index is -2.30. The van der Waals surface area contributed by atoms with E-state index in [-0.39, 0.29) is 22.7 Å². The fourth-order valence-electron chi connectivity index (χ4n) is 9.66. The molecule has 8 aromatic rings. The van der Waals surface area contributed by atoms with Gasteiger partial charge in [-0.1, -0.05) is 113 Å². The van der Waals surface area contributed by atoms with E-state index in [1.54, 1.807) is 60.7 Å². The van der Waals surface area contributed by atoms with Crippen LogP contribution in [-0.2, 0) is 10.8 Å². The third kappa shape index (κ3) is 6.17. The second-order valence-electron chi connectivity index (χ2n) is 17.4. The van der Waals surface area contributed by atoms with E-state index in [1.807, 2.05) is 76.2 Å². The summed E-state index contributed by atoms with van der Waals surface area (Å²) in [5.74, 6) is -21.2. The van der Waals surface area contributed by atoms with Gasteiger partial charge in [-0.15, -0.1) is 0 Å². The highest BCUT2D eigenvalue weighted by atomic mass is 19.2. The second kappa shape index (κ2) is 15.1. The van der Waals surface area contributed by atoms with Gasteiger partial charge < -0.3 is 9.80 Å². The van der Waals surface area contributed by atoms with E-state index < -0.39 is 80.4 Å². The Bertz CT molecular complexity index is 3040. The molecule has 0 amide bonds. The summed E-state index contributed by atoms with van der Waals surface area (Å²) in [5.41, 5.74) is 4.79. The molecule has 330 valence electrons. The van der Waals surface area contributed by atoms with Crippen LogP contribution in [0.25, 0.3) is 33.4 Å². The first kappa shape index (κ1) is 42.6. The zero-order chi connectivity index (χ0) is 46.7. The smallest absolute Gasteiger partial charge is 0.200 e. The molecule has 0 radical (unpaired) electrons. The normalized spacial score (nSPS) is 13.8. The number of benzene rings is 8. The second-order valence-corrected chi connectivity index (χ2v) is 17.4. The van der Waals surface area contributed by atoms with E-state index in [2.05, 4.69) is 0 Å². The highest BCUT2D eigenvalue weighted by Gasteiger charge is 2.39. The van der Waals surface area contributed by atoms with Gasteiger partial charge in [0.2, 0.25) is 11.6 Å². The van der Waals surface area contributed by atoms with Crippen molar-refractivity contribution < 1.29 is 43.9 Å². The third-order valence-electron chi connectivity index (χ3n) is 13.1. The maximum Gasteiger partial charge on any atom is 0.200 e.